The number of benzene rings is 1. The van der Waals surface area contributed by atoms with Crippen LogP contribution in [0.4, 0.5) is 22.4 Å². The molecule has 1 aliphatic rings. The van der Waals surface area contributed by atoms with Crippen molar-refractivity contribution in [3.05, 3.63) is 35.6 Å². The molecule has 1 heterocycles. The van der Waals surface area contributed by atoms with Crippen LogP contribution in [0, 0.1) is 5.82 Å². The van der Waals surface area contributed by atoms with Gasteiger partial charge in [-0.15, -0.1) is 0 Å². The van der Waals surface area contributed by atoms with Gasteiger partial charge < -0.3 is 15.3 Å². The number of hydrogen-bond acceptors (Lipinski definition) is 2. The van der Waals surface area contributed by atoms with E-state index in [-0.39, 0.29) is 18.9 Å². The van der Waals surface area contributed by atoms with Crippen LogP contribution in [0.2, 0.25) is 0 Å². The van der Waals surface area contributed by atoms with Crippen molar-refractivity contribution in [3.63, 3.8) is 0 Å². The Kier molecular flexibility index (Phi) is 5.69. The monoisotopic (exact) mass is 348 g/mol. The number of piperidine rings is 1. The first kappa shape index (κ1) is 18.5. The fourth-order valence-corrected chi connectivity index (χ4v) is 2.66. The lowest BCUT2D eigenvalue weighted by Crippen LogP contribution is -2.55. The Bertz CT molecular complexity index is 569. The number of likely N-dealkylation sites (tertiary alicyclic amines) is 1. The number of aryl methyl sites for hydroxylation is 1. The third-order valence-corrected chi connectivity index (χ3v) is 4.21. The Balaban J connectivity index is 1.70. The lowest BCUT2D eigenvalue weighted by atomic mass is 9.91. The first-order valence-corrected chi connectivity index (χ1v) is 7.78. The zero-order chi connectivity index (χ0) is 17.8. The number of halogens is 4. The van der Waals surface area contributed by atoms with E-state index in [1.807, 2.05) is 0 Å². The fraction of sp³-hybridized carbons (Fsp3) is 0.562. The maximum absolute atomic E-state index is 13.0. The van der Waals surface area contributed by atoms with Crippen molar-refractivity contribution in [1.82, 2.24) is 10.2 Å². The number of rotatable bonds is 4. The van der Waals surface area contributed by atoms with E-state index >= 15 is 0 Å². The average Bonchev–Trinajstić information content (AvgIpc) is 2.51. The smallest absolute Gasteiger partial charge is 0.380 e. The zero-order valence-corrected chi connectivity index (χ0v) is 13.1. The summed E-state index contributed by atoms with van der Waals surface area (Å²) < 4.78 is 51.1. The van der Waals surface area contributed by atoms with Gasteiger partial charge in [0.1, 0.15) is 5.82 Å². The molecule has 0 radical (unpaired) electrons. The summed E-state index contributed by atoms with van der Waals surface area (Å²) in [4.78, 5) is 13.2. The van der Waals surface area contributed by atoms with Gasteiger partial charge in [-0.3, -0.25) is 0 Å². The second kappa shape index (κ2) is 7.38. The van der Waals surface area contributed by atoms with Crippen LogP contribution < -0.4 is 5.32 Å². The molecule has 2 amide bonds. The van der Waals surface area contributed by atoms with Crippen molar-refractivity contribution in [1.29, 1.82) is 0 Å². The van der Waals surface area contributed by atoms with E-state index in [0.717, 1.165) is 5.56 Å². The summed E-state index contributed by atoms with van der Waals surface area (Å²) in [5, 5.41) is 12.2. The van der Waals surface area contributed by atoms with E-state index in [0.29, 0.717) is 19.4 Å². The number of nitrogens with one attached hydrogen (secondary N) is 1. The van der Waals surface area contributed by atoms with Crippen LogP contribution in [0.3, 0.4) is 0 Å². The Morgan fingerprint density at radius 3 is 2.54 bits per heavy atom. The van der Waals surface area contributed by atoms with Gasteiger partial charge in [0.15, 0.2) is 5.60 Å². The Morgan fingerprint density at radius 2 is 1.96 bits per heavy atom. The lowest BCUT2D eigenvalue weighted by molar-refractivity contribution is -0.271. The number of nitrogens with zero attached hydrogens (tertiary/aromatic N) is 1. The molecule has 8 heteroatoms. The van der Waals surface area contributed by atoms with Crippen LogP contribution >= 0.6 is 0 Å². The van der Waals surface area contributed by atoms with Gasteiger partial charge in [0.2, 0.25) is 0 Å². The second-order valence-corrected chi connectivity index (χ2v) is 5.98. The molecule has 1 saturated heterocycles. The van der Waals surface area contributed by atoms with Crippen LogP contribution in [0.15, 0.2) is 24.3 Å². The van der Waals surface area contributed by atoms with Crippen molar-refractivity contribution >= 4 is 6.03 Å². The highest BCUT2D eigenvalue weighted by atomic mass is 19.4. The molecule has 1 aromatic carbocycles. The SMILES string of the molecule is O=C(NCCCc1cccc(F)c1)N1CCC(O)(C(F)(F)F)CC1. The molecule has 1 fully saturated rings. The highest BCUT2D eigenvalue weighted by molar-refractivity contribution is 5.74. The maximum atomic E-state index is 13.0. The lowest BCUT2D eigenvalue weighted by Gasteiger charge is -2.39. The van der Waals surface area contributed by atoms with E-state index in [4.69, 9.17) is 0 Å². The standard InChI is InChI=1S/C16H20F4N2O2/c17-13-5-1-3-12(11-13)4-2-8-21-14(23)22-9-6-15(24,7-10-22)16(18,19)20/h1,3,5,11,24H,2,4,6-10H2,(H,21,23). The molecule has 0 atom stereocenters. The highest BCUT2D eigenvalue weighted by Crippen LogP contribution is 2.38. The van der Waals surface area contributed by atoms with Crippen molar-refractivity contribution in [2.75, 3.05) is 19.6 Å². The highest BCUT2D eigenvalue weighted by Gasteiger charge is 2.54. The Hall–Kier alpha value is -1.83. The molecule has 24 heavy (non-hydrogen) atoms. The zero-order valence-electron chi connectivity index (χ0n) is 13.1. The van der Waals surface area contributed by atoms with E-state index in [1.165, 1.54) is 17.0 Å². The van der Waals surface area contributed by atoms with Gasteiger partial charge in [0, 0.05) is 32.5 Å². The van der Waals surface area contributed by atoms with Crippen LogP contribution in [-0.4, -0.2) is 47.4 Å². The molecule has 1 aromatic rings. The number of hydrogen-bond donors (Lipinski definition) is 2. The normalized spacial score (nSPS) is 17.6. The van der Waals surface area contributed by atoms with Gasteiger partial charge in [-0.2, -0.15) is 13.2 Å². The number of amides is 2. The molecule has 0 bridgehead atoms. The van der Waals surface area contributed by atoms with Crippen LogP contribution in [0.1, 0.15) is 24.8 Å². The van der Waals surface area contributed by atoms with Gasteiger partial charge in [-0.1, -0.05) is 12.1 Å². The summed E-state index contributed by atoms with van der Waals surface area (Å²) in [6.07, 6.45) is -4.54. The van der Waals surface area contributed by atoms with Crippen molar-refractivity contribution in [3.8, 4) is 0 Å². The molecule has 0 unspecified atom stereocenters. The number of carbonyl (C=O) groups excluding carboxylic acids is 1. The quantitative estimate of drug-likeness (QED) is 0.649. The van der Waals surface area contributed by atoms with Gasteiger partial charge in [0.05, 0.1) is 0 Å². The second-order valence-electron chi connectivity index (χ2n) is 5.98. The van der Waals surface area contributed by atoms with Gasteiger partial charge in [0.25, 0.3) is 0 Å². The molecule has 0 saturated carbocycles. The number of aliphatic hydroxyl groups is 1. The van der Waals surface area contributed by atoms with Gasteiger partial charge in [-0.25, -0.2) is 9.18 Å². The molecule has 0 spiro atoms. The third kappa shape index (κ3) is 4.59. The van der Waals surface area contributed by atoms with Crippen LogP contribution in [0.25, 0.3) is 0 Å². The summed E-state index contributed by atoms with van der Waals surface area (Å²) in [6, 6.07) is 5.72. The summed E-state index contributed by atoms with van der Waals surface area (Å²) in [7, 11) is 0. The maximum Gasteiger partial charge on any atom is 0.417 e. The minimum absolute atomic E-state index is 0.147. The van der Waals surface area contributed by atoms with Gasteiger partial charge >= 0.3 is 12.2 Å². The number of alkyl halides is 3. The third-order valence-electron chi connectivity index (χ3n) is 4.21. The van der Waals surface area contributed by atoms with E-state index in [1.54, 1.807) is 12.1 Å². The van der Waals surface area contributed by atoms with E-state index < -0.39 is 30.7 Å². The number of urea groups is 1. The molecule has 4 nitrogen and oxygen atoms in total. The predicted octanol–water partition coefficient (Wildman–Crippen LogP) is 2.86. The molecule has 134 valence electrons. The van der Waals surface area contributed by atoms with Gasteiger partial charge in [-0.05, 0) is 30.5 Å². The minimum atomic E-state index is -4.68. The molecule has 2 rings (SSSR count). The number of carbonyl (C=O) groups is 1. The van der Waals surface area contributed by atoms with Crippen LogP contribution in [-0.2, 0) is 6.42 Å². The van der Waals surface area contributed by atoms with Crippen molar-refractivity contribution in [2.45, 2.75) is 37.5 Å². The summed E-state index contributed by atoms with van der Waals surface area (Å²) in [5.74, 6) is -0.318. The Labute approximate surface area is 137 Å². The van der Waals surface area contributed by atoms with Crippen LogP contribution in [0.5, 0.6) is 0 Å². The summed E-state index contributed by atoms with van der Waals surface area (Å²) in [6.45, 7) is 0.0485. The molecule has 0 aromatic heterocycles. The predicted molar refractivity (Wildman–Crippen MR) is 79.9 cm³/mol. The topological polar surface area (TPSA) is 52.6 Å². The first-order valence-electron chi connectivity index (χ1n) is 7.78. The summed E-state index contributed by atoms with van der Waals surface area (Å²) >= 11 is 0. The average molecular weight is 348 g/mol. The molecular weight excluding hydrogens is 328 g/mol. The fourth-order valence-electron chi connectivity index (χ4n) is 2.66. The molecule has 0 aliphatic carbocycles. The van der Waals surface area contributed by atoms with E-state index in [9.17, 15) is 27.5 Å². The van der Waals surface area contributed by atoms with Crippen molar-refractivity contribution < 1.29 is 27.5 Å². The first-order chi connectivity index (χ1) is 11.2. The Morgan fingerprint density at radius 1 is 1.29 bits per heavy atom. The van der Waals surface area contributed by atoms with E-state index in [2.05, 4.69) is 5.32 Å². The minimum Gasteiger partial charge on any atom is -0.380 e. The molecule has 1 aliphatic heterocycles. The van der Waals surface area contributed by atoms with Crippen molar-refractivity contribution in [2.24, 2.45) is 0 Å². The summed E-state index contributed by atoms with van der Waals surface area (Å²) in [5.41, 5.74) is -1.89. The molecular formula is C16H20F4N2O2. The molecule has 2 N–H and O–H groups in total. The largest absolute Gasteiger partial charge is 0.417 e.